The number of rotatable bonds is 4. The Kier molecular flexibility index (Phi) is 4.43. The van der Waals surface area contributed by atoms with Gasteiger partial charge in [0.2, 0.25) is 5.88 Å². The smallest absolute Gasteiger partial charge is 0.218 e. The first-order valence-electron chi connectivity index (χ1n) is 8.40. The minimum atomic E-state index is 0.241. The first kappa shape index (κ1) is 16.3. The van der Waals surface area contributed by atoms with Crippen molar-refractivity contribution in [2.24, 2.45) is 5.92 Å². The lowest BCUT2D eigenvalue weighted by Gasteiger charge is -2.07. The van der Waals surface area contributed by atoms with Crippen LogP contribution in [0.25, 0.3) is 16.9 Å². The number of aryl methyl sites for hydroxylation is 2. The Bertz CT molecular complexity index is 845. The van der Waals surface area contributed by atoms with E-state index in [-0.39, 0.29) is 5.88 Å². The van der Waals surface area contributed by atoms with Crippen LogP contribution in [0.1, 0.15) is 30.5 Å². The van der Waals surface area contributed by atoms with Crippen LogP contribution >= 0.6 is 0 Å². The molecule has 0 bridgehead atoms. The van der Waals surface area contributed by atoms with Gasteiger partial charge >= 0.3 is 0 Å². The summed E-state index contributed by atoms with van der Waals surface area (Å²) in [5.41, 5.74) is 6.06. The van der Waals surface area contributed by atoms with E-state index in [1.165, 1.54) is 5.56 Å². The molecule has 0 aliphatic carbocycles. The van der Waals surface area contributed by atoms with E-state index in [0.29, 0.717) is 5.92 Å². The molecule has 0 amide bonds. The summed E-state index contributed by atoms with van der Waals surface area (Å²) in [4.78, 5) is 0. The van der Waals surface area contributed by atoms with E-state index in [1.54, 1.807) is 4.68 Å². The third-order valence-corrected chi connectivity index (χ3v) is 4.14. The van der Waals surface area contributed by atoms with Crippen LogP contribution in [0.15, 0.2) is 48.5 Å². The van der Waals surface area contributed by atoms with Gasteiger partial charge in [-0.3, -0.25) is 0 Å². The van der Waals surface area contributed by atoms with Crippen molar-refractivity contribution in [2.75, 3.05) is 0 Å². The topological polar surface area (TPSA) is 38.0 Å². The van der Waals surface area contributed by atoms with Crippen LogP contribution in [0.5, 0.6) is 5.88 Å². The van der Waals surface area contributed by atoms with Crippen LogP contribution in [-0.2, 0) is 6.42 Å². The molecule has 3 rings (SSSR count). The number of nitrogens with zero attached hydrogens (tertiary/aromatic N) is 2. The van der Waals surface area contributed by atoms with E-state index < -0.39 is 0 Å². The van der Waals surface area contributed by atoms with E-state index in [9.17, 15) is 5.11 Å². The fourth-order valence-corrected chi connectivity index (χ4v) is 2.92. The van der Waals surface area contributed by atoms with Gasteiger partial charge in [0.05, 0.1) is 11.4 Å². The number of hydrogen-bond donors (Lipinski definition) is 1. The Morgan fingerprint density at radius 2 is 1.71 bits per heavy atom. The van der Waals surface area contributed by atoms with Gasteiger partial charge < -0.3 is 5.11 Å². The minimum Gasteiger partial charge on any atom is -0.493 e. The van der Waals surface area contributed by atoms with Crippen LogP contribution < -0.4 is 0 Å². The maximum Gasteiger partial charge on any atom is 0.218 e. The monoisotopic (exact) mass is 320 g/mol. The molecule has 2 aromatic carbocycles. The molecule has 124 valence electrons. The molecule has 0 atom stereocenters. The van der Waals surface area contributed by atoms with Gasteiger partial charge in [0.25, 0.3) is 0 Å². The highest BCUT2D eigenvalue weighted by atomic mass is 16.3. The lowest BCUT2D eigenvalue weighted by atomic mass is 9.99. The first-order chi connectivity index (χ1) is 11.5. The fourth-order valence-electron chi connectivity index (χ4n) is 2.92. The van der Waals surface area contributed by atoms with E-state index in [0.717, 1.165) is 34.5 Å². The summed E-state index contributed by atoms with van der Waals surface area (Å²) in [5, 5.41) is 15.6. The largest absolute Gasteiger partial charge is 0.493 e. The SMILES string of the molecule is Cc1ccc(-c2nn(-c3cccc(C)c3)c(O)c2CC(C)C)cc1. The molecular formula is C21H24N2O. The second-order valence-corrected chi connectivity index (χ2v) is 6.87. The molecule has 0 saturated carbocycles. The Morgan fingerprint density at radius 1 is 1.00 bits per heavy atom. The van der Waals surface area contributed by atoms with Crippen molar-refractivity contribution in [1.29, 1.82) is 0 Å². The van der Waals surface area contributed by atoms with Crippen LogP contribution in [0, 0.1) is 19.8 Å². The van der Waals surface area contributed by atoms with Gasteiger partial charge in [-0.05, 0) is 43.9 Å². The zero-order valence-corrected chi connectivity index (χ0v) is 14.7. The summed E-state index contributed by atoms with van der Waals surface area (Å²) in [5.74, 6) is 0.681. The van der Waals surface area contributed by atoms with E-state index in [2.05, 4.69) is 45.0 Å². The van der Waals surface area contributed by atoms with E-state index in [1.807, 2.05) is 31.2 Å². The third kappa shape index (κ3) is 3.21. The average molecular weight is 320 g/mol. The van der Waals surface area contributed by atoms with Crippen molar-refractivity contribution in [3.8, 4) is 22.8 Å². The zero-order chi connectivity index (χ0) is 17.3. The second kappa shape index (κ2) is 6.52. The Labute approximate surface area is 143 Å². The average Bonchev–Trinajstić information content (AvgIpc) is 2.85. The normalized spacial score (nSPS) is 11.2. The quantitative estimate of drug-likeness (QED) is 0.729. The highest BCUT2D eigenvalue weighted by Crippen LogP contribution is 2.34. The van der Waals surface area contributed by atoms with Crippen molar-refractivity contribution < 1.29 is 5.11 Å². The molecule has 0 saturated heterocycles. The number of benzene rings is 2. The third-order valence-electron chi connectivity index (χ3n) is 4.14. The summed E-state index contributed by atoms with van der Waals surface area (Å²) in [6, 6.07) is 16.3. The number of aromatic nitrogens is 2. The van der Waals surface area contributed by atoms with Crippen molar-refractivity contribution in [1.82, 2.24) is 9.78 Å². The molecular weight excluding hydrogens is 296 g/mol. The van der Waals surface area contributed by atoms with Gasteiger partial charge in [0.15, 0.2) is 0 Å². The van der Waals surface area contributed by atoms with Crippen LogP contribution in [0.4, 0.5) is 0 Å². The maximum absolute atomic E-state index is 10.8. The van der Waals surface area contributed by atoms with Crippen molar-refractivity contribution in [2.45, 2.75) is 34.1 Å². The van der Waals surface area contributed by atoms with Crippen molar-refractivity contribution in [3.63, 3.8) is 0 Å². The molecule has 3 aromatic rings. The molecule has 3 heteroatoms. The summed E-state index contributed by atoms with van der Waals surface area (Å²) in [6.07, 6.45) is 0.793. The van der Waals surface area contributed by atoms with Crippen molar-refractivity contribution in [3.05, 3.63) is 65.2 Å². The number of hydrogen-bond acceptors (Lipinski definition) is 2. The van der Waals surface area contributed by atoms with Crippen molar-refractivity contribution >= 4 is 0 Å². The molecule has 1 N–H and O–H groups in total. The maximum atomic E-state index is 10.8. The van der Waals surface area contributed by atoms with Gasteiger partial charge in [-0.15, -0.1) is 0 Å². The van der Waals surface area contributed by atoms with Gasteiger partial charge in [-0.2, -0.15) is 5.10 Å². The lowest BCUT2D eigenvalue weighted by Crippen LogP contribution is -1.97. The molecule has 3 nitrogen and oxygen atoms in total. The Morgan fingerprint density at radius 3 is 2.33 bits per heavy atom. The van der Waals surface area contributed by atoms with Crippen LogP contribution in [-0.4, -0.2) is 14.9 Å². The number of aromatic hydroxyl groups is 1. The zero-order valence-electron chi connectivity index (χ0n) is 14.7. The van der Waals surface area contributed by atoms with E-state index in [4.69, 9.17) is 5.10 Å². The predicted octanol–water partition coefficient (Wildman–Crippen LogP) is 5.06. The summed E-state index contributed by atoms with van der Waals surface area (Å²) in [6.45, 7) is 8.42. The predicted molar refractivity (Wildman–Crippen MR) is 98.7 cm³/mol. The molecule has 0 spiro atoms. The van der Waals surface area contributed by atoms with Gasteiger partial charge in [-0.1, -0.05) is 55.8 Å². The first-order valence-corrected chi connectivity index (χ1v) is 8.40. The molecule has 0 aliphatic rings. The van der Waals surface area contributed by atoms with Crippen LogP contribution in [0.2, 0.25) is 0 Å². The van der Waals surface area contributed by atoms with Gasteiger partial charge in [0.1, 0.15) is 0 Å². The van der Waals surface area contributed by atoms with Crippen LogP contribution in [0.3, 0.4) is 0 Å². The Hall–Kier alpha value is -2.55. The highest BCUT2D eigenvalue weighted by Gasteiger charge is 2.20. The molecule has 0 unspecified atom stereocenters. The lowest BCUT2D eigenvalue weighted by molar-refractivity contribution is 0.424. The minimum absolute atomic E-state index is 0.241. The van der Waals surface area contributed by atoms with Gasteiger partial charge in [0, 0.05) is 11.1 Å². The molecule has 1 heterocycles. The summed E-state index contributed by atoms with van der Waals surface area (Å²) >= 11 is 0. The molecule has 0 aliphatic heterocycles. The Balaban J connectivity index is 2.17. The molecule has 1 aromatic heterocycles. The highest BCUT2D eigenvalue weighted by molar-refractivity contribution is 5.66. The van der Waals surface area contributed by atoms with E-state index >= 15 is 0 Å². The molecule has 0 radical (unpaired) electrons. The molecule has 24 heavy (non-hydrogen) atoms. The molecule has 0 fully saturated rings. The summed E-state index contributed by atoms with van der Waals surface area (Å²) < 4.78 is 1.65. The second-order valence-electron chi connectivity index (χ2n) is 6.87. The standard InChI is InChI=1S/C21H24N2O/c1-14(2)12-19-20(17-10-8-15(3)9-11-17)22-23(21(19)24)18-7-5-6-16(4)13-18/h5-11,13-14,24H,12H2,1-4H3. The summed E-state index contributed by atoms with van der Waals surface area (Å²) in [7, 11) is 0. The van der Waals surface area contributed by atoms with Gasteiger partial charge in [-0.25, -0.2) is 4.68 Å². The fraction of sp³-hybridized carbons (Fsp3) is 0.286.